The Kier molecular flexibility index (Phi) is 7.16. The summed E-state index contributed by atoms with van der Waals surface area (Å²) in [5.74, 6) is -0.278. The van der Waals surface area contributed by atoms with E-state index in [1.807, 2.05) is 4.90 Å². The molecule has 0 aromatic carbocycles. The summed E-state index contributed by atoms with van der Waals surface area (Å²) in [5.41, 5.74) is 0. The number of rotatable bonds is 6. The topological polar surface area (TPSA) is 105 Å². The van der Waals surface area contributed by atoms with Crippen molar-refractivity contribution < 1.29 is 19.1 Å². The van der Waals surface area contributed by atoms with Crippen molar-refractivity contribution in [2.24, 2.45) is 5.92 Å². The van der Waals surface area contributed by atoms with E-state index in [0.717, 1.165) is 25.7 Å². The molecule has 1 saturated carbocycles. The molecule has 3 rings (SSSR count). The molecular weight excluding hydrogens is 362 g/mol. The van der Waals surface area contributed by atoms with Gasteiger partial charge in [-0.15, -0.1) is 0 Å². The van der Waals surface area contributed by atoms with E-state index in [1.165, 1.54) is 6.42 Å². The van der Waals surface area contributed by atoms with Crippen LogP contribution in [0.25, 0.3) is 0 Å². The summed E-state index contributed by atoms with van der Waals surface area (Å²) in [5, 5.41) is 2.62. The Labute approximate surface area is 164 Å². The molecule has 0 bridgehead atoms. The molecule has 1 aliphatic heterocycles. The molecule has 9 nitrogen and oxygen atoms in total. The highest BCUT2D eigenvalue weighted by Crippen LogP contribution is 2.23. The monoisotopic (exact) mass is 389 g/mol. The lowest BCUT2D eigenvalue weighted by atomic mass is 9.89. The van der Waals surface area contributed by atoms with E-state index in [2.05, 4.69) is 15.3 Å². The highest BCUT2D eigenvalue weighted by molar-refractivity contribution is 5.85. The minimum Gasteiger partial charge on any atom is -0.454 e. The van der Waals surface area contributed by atoms with Crippen molar-refractivity contribution in [1.29, 1.82) is 0 Å². The molecule has 2 amide bonds. The summed E-state index contributed by atoms with van der Waals surface area (Å²) in [6.45, 7) is 1.80. The fraction of sp³-hybridized carbons (Fsp3) is 0.632. The maximum atomic E-state index is 12.2. The number of hydrogen-bond acceptors (Lipinski definition) is 7. The lowest BCUT2D eigenvalue weighted by Crippen LogP contribution is -2.50. The van der Waals surface area contributed by atoms with E-state index >= 15 is 0 Å². The van der Waals surface area contributed by atoms with E-state index in [4.69, 9.17) is 4.74 Å². The van der Waals surface area contributed by atoms with Crippen LogP contribution in [0.2, 0.25) is 0 Å². The summed E-state index contributed by atoms with van der Waals surface area (Å²) in [6.07, 6.45) is 8.40. The van der Waals surface area contributed by atoms with Crippen LogP contribution in [0, 0.1) is 5.92 Å². The number of nitrogens with zero attached hydrogens (tertiary/aromatic N) is 4. The summed E-state index contributed by atoms with van der Waals surface area (Å²) >= 11 is 0. The van der Waals surface area contributed by atoms with Gasteiger partial charge >= 0.3 is 5.97 Å². The minimum absolute atomic E-state index is 0.00641. The maximum Gasteiger partial charge on any atom is 0.325 e. The van der Waals surface area contributed by atoms with Gasteiger partial charge in [0, 0.05) is 44.5 Å². The van der Waals surface area contributed by atoms with Crippen LogP contribution in [0.1, 0.15) is 32.1 Å². The number of amides is 2. The second-order valence-electron chi connectivity index (χ2n) is 7.13. The number of carbonyl (C=O) groups is 3. The summed E-state index contributed by atoms with van der Waals surface area (Å²) in [7, 11) is 0. The normalized spacial score (nSPS) is 17.9. The number of nitrogens with one attached hydrogen (secondary N) is 1. The molecule has 1 aromatic rings. The molecule has 0 atom stereocenters. The number of ether oxygens (including phenoxy) is 1. The van der Waals surface area contributed by atoms with Gasteiger partial charge in [-0.25, -0.2) is 9.97 Å². The molecule has 2 aliphatic rings. The van der Waals surface area contributed by atoms with Crippen LogP contribution >= 0.6 is 0 Å². The molecule has 1 aromatic heterocycles. The molecule has 1 saturated heterocycles. The maximum absolute atomic E-state index is 12.2. The van der Waals surface area contributed by atoms with Crippen LogP contribution in [-0.4, -0.2) is 72.0 Å². The highest BCUT2D eigenvalue weighted by Gasteiger charge is 2.24. The van der Waals surface area contributed by atoms with Crippen molar-refractivity contribution in [2.45, 2.75) is 32.1 Å². The van der Waals surface area contributed by atoms with E-state index in [-0.39, 0.29) is 30.9 Å². The molecule has 9 heteroatoms. The van der Waals surface area contributed by atoms with E-state index in [0.29, 0.717) is 32.1 Å². The van der Waals surface area contributed by atoms with E-state index < -0.39 is 5.97 Å². The summed E-state index contributed by atoms with van der Waals surface area (Å²) < 4.78 is 5.02. The zero-order chi connectivity index (χ0) is 19.8. The van der Waals surface area contributed by atoms with Crippen LogP contribution < -0.4 is 10.2 Å². The Morgan fingerprint density at radius 1 is 1.04 bits per heavy atom. The van der Waals surface area contributed by atoms with Crippen molar-refractivity contribution in [2.75, 3.05) is 44.2 Å². The van der Waals surface area contributed by atoms with Crippen LogP contribution in [0.4, 0.5) is 5.95 Å². The average Bonchev–Trinajstić information content (AvgIpc) is 2.77. The molecule has 1 aliphatic carbocycles. The van der Waals surface area contributed by atoms with Crippen molar-refractivity contribution in [3.63, 3.8) is 0 Å². The summed E-state index contributed by atoms with van der Waals surface area (Å²) in [6, 6.07) is 1.76. The van der Waals surface area contributed by atoms with Gasteiger partial charge in [-0.1, -0.05) is 19.3 Å². The van der Waals surface area contributed by atoms with Gasteiger partial charge < -0.3 is 19.9 Å². The van der Waals surface area contributed by atoms with Gasteiger partial charge in [0.25, 0.3) is 5.91 Å². The predicted molar refractivity (Wildman–Crippen MR) is 101 cm³/mol. The predicted octanol–water partition coefficient (Wildman–Crippen LogP) is 0.365. The lowest BCUT2D eigenvalue weighted by molar-refractivity contribution is -0.152. The molecule has 152 valence electrons. The highest BCUT2D eigenvalue weighted by atomic mass is 16.5. The zero-order valence-electron chi connectivity index (χ0n) is 16.0. The third-order valence-electron chi connectivity index (χ3n) is 5.21. The van der Waals surface area contributed by atoms with Gasteiger partial charge in [-0.05, 0) is 18.9 Å². The molecule has 0 unspecified atom stereocenters. The fourth-order valence-electron chi connectivity index (χ4n) is 3.56. The number of piperazine rings is 1. The minimum atomic E-state index is -0.589. The molecule has 1 N–H and O–H groups in total. The molecule has 2 fully saturated rings. The molecule has 28 heavy (non-hydrogen) atoms. The van der Waals surface area contributed by atoms with Gasteiger partial charge in [-0.3, -0.25) is 14.4 Å². The first kappa shape index (κ1) is 20.0. The van der Waals surface area contributed by atoms with Gasteiger partial charge in [0.05, 0.1) is 0 Å². The van der Waals surface area contributed by atoms with Crippen LogP contribution in [-0.2, 0) is 19.1 Å². The molecule has 2 heterocycles. The third kappa shape index (κ3) is 5.64. The molecule has 0 radical (unpaired) electrons. The van der Waals surface area contributed by atoms with Crippen molar-refractivity contribution >= 4 is 23.7 Å². The third-order valence-corrected chi connectivity index (χ3v) is 5.21. The Bertz CT molecular complexity index is 670. The van der Waals surface area contributed by atoms with Crippen LogP contribution in [0.15, 0.2) is 18.5 Å². The number of esters is 1. The second kappa shape index (κ2) is 10.0. The standard InChI is InChI=1S/C19H27N5O4/c25-16(23-9-11-24(12-10-23)19-20-7-4-8-21-19)14-28-17(26)13-22-18(27)15-5-2-1-3-6-15/h4,7-8,15H,1-3,5-6,9-14H2,(H,22,27). The van der Waals surface area contributed by atoms with Crippen LogP contribution in [0.5, 0.6) is 0 Å². The molecule has 0 spiro atoms. The van der Waals surface area contributed by atoms with Crippen molar-refractivity contribution in [3.05, 3.63) is 18.5 Å². The second-order valence-corrected chi connectivity index (χ2v) is 7.13. The van der Waals surface area contributed by atoms with Crippen molar-refractivity contribution in [1.82, 2.24) is 20.2 Å². The number of carbonyl (C=O) groups excluding carboxylic acids is 3. The van der Waals surface area contributed by atoms with Gasteiger partial charge in [0.1, 0.15) is 6.54 Å². The smallest absolute Gasteiger partial charge is 0.325 e. The number of hydrogen-bond donors (Lipinski definition) is 1. The van der Waals surface area contributed by atoms with Gasteiger partial charge in [0.15, 0.2) is 6.61 Å². The Morgan fingerprint density at radius 2 is 1.71 bits per heavy atom. The SMILES string of the molecule is O=C(CNC(=O)C1CCCCC1)OCC(=O)N1CCN(c2ncccn2)CC1. The number of aromatic nitrogens is 2. The van der Waals surface area contributed by atoms with Crippen molar-refractivity contribution in [3.8, 4) is 0 Å². The van der Waals surface area contributed by atoms with E-state index in [9.17, 15) is 14.4 Å². The fourth-order valence-corrected chi connectivity index (χ4v) is 3.56. The molecular formula is C19H27N5O4. The van der Waals surface area contributed by atoms with Gasteiger partial charge in [-0.2, -0.15) is 0 Å². The quantitative estimate of drug-likeness (QED) is 0.701. The average molecular weight is 389 g/mol. The first-order valence-corrected chi connectivity index (χ1v) is 9.86. The first-order chi connectivity index (χ1) is 13.6. The Balaban J connectivity index is 1.33. The van der Waals surface area contributed by atoms with Crippen LogP contribution in [0.3, 0.4) is 0 Å². The lowest BCUT2D eigenvalue weighted by Gasteiger charge is -2.34. The Morgan fingerprint density at radius 3 is 2.39 bits per heavy atom. The largest absolute Gasteiger partial charge is 0.454 e. The zero-order valence-corrected chi connectivity index (χ0v) is 16.0. The summed E-state index contributed by atoms with van der Waals surface area (Å²) in [4.78, 5) is 48.2. The van der Waals surface area contributed by atoms with Gasteiger partial charge in [0.2, 0.25) is 11.9 Å². The Hall–Kier alpha value is -2.71. The number of anilines is 1. The van der Waals surface area contributed by atoms with E-state index in [1.54, 1.807) is 23.4 Å². The first-order valence-electron chi connectivity index (χ1n) is 9.86.